The van der Waals surface area contributed by atoms with Gasteiger partial charge in [0, 0.05) is 6.04 Å². The van der Waals surface area contributed by atoms with Crippen LogP contribution in [0.3, 0.4) is 0 Å². The van der Waals surface area contributed by atoms with Gasteiger partial charge in [0.25, 0.3) is 5.34 Å². The molecule has 0 radical (unpaired) electrons. The molecule has 2 fully saturated rings. The van der Waals surface area contributed by atoms with Crippen molar-refractivity contribution in [3.8, 4) is 0 Å². The first-order valence-corrected chi connectivity index (χ1v) is 12.8. The Hall–Kier alpha value is -1.62. The highest BCUT2D eigenvalue weighted by Gasteiger charge is 2.68. The Morgan fingerprint density at radius 2 is 1.89 bits per heavy atom. The van der Waals surface area contributed by atoms with Gasteiger partial charge in [-0.05, 0) is 24.4 Å². The van der Waals surface area contributed by atoms with Gasteiger partial charge in [0.05, 0.1) is 24.8 Å². The van der Waals surface area contributed by atoms with E-state index in [9.17, 15) is 42.8 Å². The van der Waals surface area contributed by atoms with E-state index in [-0.39, 0.29) is 17.0 Å². The van der Waals surface area contributed by atoms with Crippen LogP contribution in [0.5, 0.6) is 0 Å². The van der Waals surface area contributed by atoms with Gasteiger partial charge in [0.2, 0.25) is 5.28 Å². The molecule has 3 heterocycles. The van der Waals surface area contributed by atoms with Crippen molar-refractivity contribution in [2.24, 2.45) is 0 Å². The molecular weight excluding hydrogens is 538 g/mol. The standard InChI is InChI=1S/C18H24ClF3N5O8P/c19-16-25-13(24-8-3-1-2-4-8)9-5-23-27(14(9)26-16)15-12(30)11(29)10(35-15)6-34-17(7-28,18(20,21)22)36(31,32)33/h5,8,10-12,15,28-30H,1-4,6-7H2,(H,24,25,26)(H2,31,32,33)/t10-,11-,12-,15-,17?/m1/s1. The Morgan fingerprint density at radius 3 is 2.47 bits per heavy atom. The molecule has 202 valence electrons. The second kappa shape index (κ2) is 9.93. The van der Waals surface area contributed by atoms with Crippen LogP contribution in [0.15, 0.2) is 6.20 Å². The lowest BCUT2D eigenvalue weighted by molar-refractivity contribution is -0.265. The molecule has 2 aromatic heterocycles. The molecule has 4 rings (SSSR count). The molecule has 2 aromatic rings. The van der Waals surface area contributed by atoms with Crippen LogP contribution >= 0.6 is 19.2 Å². The molecule has 36 heavy (non-hydrogen) atoms. The number of aliphatic hydroxyl groups is 3. The highest BCUT2D eigenvalue weighted by atomic mass is 35.5. The third-order valence-corrected chi connectivity index (χ3v) is 7.95. The normalized spacial score (nSPS) is 27.6. The largest absolute Gasteiger partial charge is 0.431 e. The van der Waals surface area contributed by atoms with Crippen LogP contribution in [0, 0.1) is 0 Å². The van der Waals surface area contributed by atoms with E-state index in [0.717, 1.165) is 30.4 Å². The van der Waals surface area contributed by atoms with Gasteiger partial charge in [0.1, 0.15) is 24.1 Å². The van der Waals surface area contributed by atoms with Crippen molar-refractivity contribution in [3.63, 3.8) is 0 Å². The molecule has 1 saturated carbocycles. The first-order valence-electron chi connectivity index (χ1n) is 10.8. The van der Waals surface area contributed by atoms with Gasteiger partial charge in [-0.1, -0.05) is 12.8 Å². The summed E-state index contributed by atoms with van der Waals surface area (Å²) in [7, 11) is -6.09. The average Bonchev–Trinajstić information content (AvgIpc) is 3.49. The van der Waals surface area contributed by atoms with E-state index in [0.29, 0.717) is 11.2 Å². The molecule has 2 aliphatic rings. The zero-order chi connectivity index (χ0) is 26.5. The maximum absolute atomic E-state index is 13.4. The number of nitrogens with one attached hydrogen (secondary N) is 1. The van der Waals surface area contributed by atoms with Gasteiger partial charge >= 0.3 is 13.8 Å². The Labute approximate surface area is 206 Å². The number of alkyl halides is 3. The molecule has 0 aromatic carbocycles. The zero-order valence-electron chi connectivity index (χ0n) is 18.4. The number of aromatic nitrogens is 4. The van der Waals surface area contributed by atoms with Gasteiger partial charge in [-0.3, -0.25) is 4.57 Å². The average molecular weight is 562 g/mol. The first kappa shape index (κ1) is 27.4. The van der Waals surface area contributed by atoms with Crippen LogP contribution in [0.2, 0.25) is 5.28 Å². The molecule has 1 aliphatic carbocycles. The van der Waals surface area contributed by atoms with E-state index < -0.39 is 56.9 Å². The summed E-state index contributed by atoms with van der Waals surface area (Å²) in [6, 6.07) is 0.161. The SMILES string of the molecule is O=P(O)(O)C(CO)(OC[C@H]1O[C@@H](n2ncc3c(NC4CCCC4)nc(Cl)nc32)[C@H](O)[C@@H]1O)C(F)(F)F. The topological polar surface area (TPSA) is 192 Å². The molecule has 1 unspecified atom stereocenters. The molecular formula is C18H24ClF3N5O8P. The Bertz CT molecular complexity index is 1150. The summed E-state index contributed by atoms with van der Waals surface area (Å²) in [6.45, 7) is -3.32. The van der Waals surface area contributed by atoms with E-state index in [1.807, 2.05) is 0 Å². The molecule has 0 spiro atoms. The zero-order valence-corrected chi connectivity index (χ0v) is 20.1. The number of hydrogen-bond donors (Lipinski definition) is 6. The second-order valence-electron chi connectivity index (χ2n) is 8.63. The quantitative estimate of drug-likeness (QED) is 0.197. The molecule has 0 bridgehead atoms. The monoisotopic (exact) mass is 561 g/mol. The lowest BCUT2D eigenvalue weighted by atomic mass is 10.1. The highest BCUT2D eigenvalue weighted by molar-refractivity contribution is 7.53. The fourth-order valence-corrected chi connectivity index (χ4v) is 5.23. The van der Waals surface area contributed by atoms with Crippen LogP contribution in [0.1, 0.15) is 31.9 Å². The molecule has 1 aliphatic heterocycles. The van der Waals surface area contributed by atoms with Crippen molar-refractivity contribution >= 4 is 36.0 Å². The fourth-order valence-electron chi connectivity index (χ4n) is 4.31. The number of aliphatic hydroxyl groups excluding tert-OH is 3. The van der Waals surface area contributed by atoms with Crippen LogP contribution in [-0.2, 0) is 14.0 Å². The molecule has 13 nitrogen and oxygen atoms in total. The summed E-state index contributed by atoms with van der Waals surface area (Å²) in [4.78, 5) is 26.7. The maximum atomic E-state index is 13.4. The van der Waals surface area contributed by atoms with E-state index in [1.54, 1.807) is 0 Å². The molecule has 18 heteroatoms. The number of rotatable bonds is 8. The predicted molar refractivity (Wildman–Crippen MR) is 116 cm³/mol. The number of anilines is 1. The van der Waals surface area contributed by atoms with E-state index in [4.69, 9.17) is 16.3 Å². The maximum Gasteiger partial charge on any atom is 0.431 e. The van der Waals surface area contributed by atoms with Crippen molar-refractivity contribution in [2.45, 2.75) is 67.8 Å². The number of hydrogen-bond acceptors (Lipinski definition) is 10. The lowest BCUT2D eigenvalue weighted by Crippen LogP contribution is -2.52. The molecule has 1 saturated heterocycles. The van der Waals surface area contributed by atoms with Gasteiger partial charge in [-0.25, -0.2) is 4.68 Å². The van der Waals surface area contributed by atoms with Crippen LogP contribution < -0.4 is 5.32 Å². The minimum absolute atomic E-state index is 0.100. The van der Waals surface area contributed by atoms with Crippen LogP contribution in [-0.4, -0.2) is 93.9 Å². The van der Waals surface area contributed by atoms with E-state index >= 15 is 0 Å². The minimum atomic E-state index is -6.09. The third kappa shape index (κ3) is 4.81. The van der Waals surface area contributed by atoms with Crippen molar-refractivity contribution in [3.05, 3.63) is 11.5 Å². The predicted octanol–water partition coefficient (Wildman–Crippen LogP) is 0.899. The van der Waals surface area contributed by atoms with Crippen LogP contribution in [0.4, 0.5) is 19.0 Å². The van der Waals surface area contributed by atoms with Gasteiger partial charge in [0.15, 0.2) is 11.9 Å². The Kier molecular flexibility index (Phi) is 7.56. The Morgan fingerprint density at radius 1 is 1.22 bits per heavy atom. The van der Waals surface area contributed by atoms with Crippen molar-refractivity contribution in [1.82, 2.24) is 19.7 Å². The Balaban J connectivity index is 1.58. The summed E-state index contributed by atoms with van der Waals surface area (Å²) in [5.74, 6) is 0.385. The summed E-state index contributed by atoms with van der Waals surface area (Å²) < 4.78 is 62.9. The van der Waals surface area contributed by atoms with Gasteiger partial charge in [-0.2, -0.15) is 28.2 Å². The smallest absolute Gasteiger partial charge is 0.392 e. The third-order valence-electron chi connectivity index (χ3n) is 6.31. The van der Waals surface area contributed by atoms with E-state index in [2.05, 4.69) is 25.1 Å². The van der Waals surface area contributed by atoms with Crippen molar-refractivity contribution < 1.29 is 52.3 Å². The summed E-state index contributed by atoms with van der Waals surface area (Å²) in [5, 5.41) is 33.5. The molecule has 0 amide bonds. The number of ether oxygens (including phenoxy) is 2. The molecule has 6 N–H and O–H groups in total. The van der Waals surface area contributed by atoms with Crippen molar-refractivity contribution in [1.29, 1.82) is 0 Å². The minimum Gasteiger partial charge on any atom is -0.392 e. The second-order valence-corrected chi connectivity index (χ2v) is 10.8. The summed E-state index contributed by atoms with van der Waals surface area (Å²) in [6.07, 6.45) is -7.09. The number of fused-ring (bicyclic) bond motifs is 1. The van der Waals surface area contributed by atoms with Crippen molar-refractivity contribution in [2.75, 3.05) is 18.5 Å². The molecule has 5 atom stereocenters. The number of halogens is 4. The summed E-state index contributed by atoms with van der Waals surface area (Å²) >= 11 is 6.06. The van der Waals surface area contributed by atoms with Gasteiger partial charge < -0.3 is 39.9 Å². The number of nitrogens with zero attached hydrogens (tertiary/aromatic N) is 4. The first-order chi connectivity index (χ1) is 16.8. The fraction of sp³-hybridized carbons (Fsp3) is 0.722. The van der Waals surface area contributed by atoms with Gasteiger partial charge in [-0.15, -0.1) is 0 Å². The van der Waals surface area contributed by atoms with Crippen LogP contribution in [0.25, 0.3) is 11.0 Å². The lowest BCUT2D eigenvalue weighted by Gasteiger charge is -2.34. The summed E-state index contributed by atoms with van der Waals surface area (Å²) in [5.41, 5.74) is 0.100. The highest BCUT2D eigenvalue weighted by Crippen LogP contribution is 2.59. The van der Waals surface area contributed by atoms with E-state index in [1.165, 1.54) is 6.20 Å².